The zero-order valence-corrected chi connectivity index (χ0v) is 12.2. The lowest BCUT2D eigenvalue weighted by Crippen LogP contribution is -2.40. The number of likely N-dealkylation sites (tertiary alicyclic amines) is 1. The summed E-state index contributed by atoms with van der Waals surface area (Å²) >= 11 is 1.86. The summed E-state index contributed by atoms with van der Waals surface area (Å²) in [6.07, 6.45) is 5.67. The van der Waals surface area contributed by atoms with E-state index in [1.165, 1.54) is 35.8 Å². The average molecular weight is 276 g/mol. The van der Waals surface area contributed by atoms with Crippen molar-refractivity contribution < 1.29 is 0 Å². The van der Waals surface area contributed by atoms with Gasteiger partial charge in [-0.1, -0.05) is 6.92 Å². The van der Waals surface area contributed by atoms with Crippen LogP contribution in [0, 0.1) is 0 Å². The van der Waals surface area contributed by atoms with Gasteiger partial charge in [0, 0.05) is 30.2 Å². The van der Waals surface area contributed by atoms with Crippen LogP contribution in [-0.2, 0) is 13.0 Å². The van der Waals surface area contributed by atoms with Gasteiger partial charge in [-0.2, -0.15) is 0 Å². The van der Waals surface area contributed by atoms with E-state index in [0.717, 1.165) is 19.0 Å². The first kappa shape index (κ1) is 14.9. The molecule has 5 heteroatoms. The van der Waals surface area contributed by atoms with Crippen molar-refractivity contribution in [1.29, 1.82) is 0 Å². The number of hydrogen-bond donors (Lipinski definition) is 1. The molecule has 2 heterocycles. The Balaban J connectivity index is 0.00000144. The number of rotatable bonds is 4. The van der Waals surface area contributed by atoms with Gasteiger partial charge in [-0.25, -0.2) is 4.98 Å². The van der Waals surface area contributed by atoms with Gasteiger partial charge in [-0.15, -0.1) is 23.7 Å². The quantitative estimate of drug-likeness (QED) is 0.914. The van der Waals surface area contributed by atoms with E-state index in [1.54, 1.807) is 0 Å². The topological polar surface area (TPSA) is 28.2 Å². The summed E-state index contributed by atoms with van der Waals surface area (Å²) in [4.78, 5) is 8.40. The molecule has 2 rings (SSSR count). The van der Waals surface area contributed by atoms with Crippen LogP contribution in [0.4, 0.5) is 0 Å². The van der Waals surface area contributed by atoms with E-state index < -0.39 is 0 Å². The smallest absolute Gasteiger partial charge is 0.107 e. The van der Waals surface area contributed by atoms with Gasteiger partial charge in [0.05, 0.1) is 6.54 Å². The van der Waals surface area contributed by atoms with E-state index in [9.17, 15) is 0 Å². The molecule has 0 amide bonds. The molecule has 1 aliphatic heterocycles. The van der Waals surface area contributed by atoms with Crippen molar-refractivity contribution in [2.45, 2.75) is 38.8 Å². The van der Waals surface area contributed by atoms with Gasteiger partial charge in [0.15, 0.2) is 0 Å². The zero-order valence-electron chi connectivity index (χ0n) is 10.6. The van der Waals surface area contributed by atoms with Gasteiger partial charge in [0.2, 0.25) is 0 Å². The molecule has 1 saturated heterocycles. The van der Waals surface area contributed by atoms with Crippen molar-refractivity contribution in [3.63, 3.8) is 0 Å². The molecule has 0 atom stereocenters. The van der Waals surface area contributed by atoms with Crippen molar-refractivity contribution in [3.8, 4) is 0 Å². The molecule has 1 aromatic heterocycles. The van der Waals surface area contributed by atoms with Gasteiger partial charge < -0.3 is 5.32 Å². The number of aryl methyl sites for hydroxylation is 1. The molecule has 0 spiro atoms. The molecule has 0 aromatic carbocycles. The second-order valence-electron chi connectivity index (χ2n) is 4.41. The SMILES string of the molecule is CCc1cnc(CN2CCC(NC)CC2)s1.Cl. The first-order chi connectivity index (χ1) is 7.81. The fourth-order valence-corrected chi connectivity index (χ4v) is 3.06. The van der Waals surface area contributed by atoms with E-state index in [4.69, 9.17) is 0 Å². The molecule has 17 heavy (non-hydrogen) atoms. The van der Waals surface area contributed by atoms with E-state index in [0.29, 0.717) is 0 Å². The van der Waals surface area contributed by atoms with Crippen molar-refractivity contribution in [2.24, 2.45) is 0 Å². The van der Waals surface area contributed by atoms with Crippen LogP contribution in [0.3, 0.4) is 0 Å². The highest BCUT2D eigenvalue weighted by molar-refractivity contribution is 7.11. The summed E-state index contributed by atoms with van der Waals surface area (Å²) in [6, 6.07) is 0.721. The number of nitrogens with one attached hydrogen (secondary N) is 1. The highest BCUT2D eigenvalue weighted by Gasteiger charge is 2.18. The molecule has 1 aromatic rings. The molecule has 0 saturated carbocycles. The van der Waals surface area contributed by atoms with Crippen LogP contribution in [0.1, 0.15) is 29.7 Å². The Morgan fingerprint density at radius 2 is 2.18 bits per heavy atom. The Hall–Kier alpha value is -0.160. The lowest BCUT2D eigenvalue weighted by Gasteiger charge is -2.31. The molecule has 1 fully saturated rings. The highest BCUT2D eigenvalue weighted by atomic mass is 35.5. The Kier molecular flexibility index (Phi) is 6.41. The fourth-order valence-electron chi connectivity index (χ4n) is 2.16. The Morgan fingerprint density at radius 3 is 2.71 bits per heavy atom. The third-order valence-corrected chi connectivity index (χ3v) is 4.43. The third kappa shape index (κ3) is 4.21. The van der Waals surface area contributed by atoms with Crippen LogP contribution in [0.5, 0.6) is 0 Å². The second kappa shape index (κ2) is 7.31. The van der Waals surface area contributed by atoms with Crippen molar-refractivity contribution in [3.05, 3.63) is 16.1 Å². The Labute approximate surface area is 114 Å². The number of halogens is 1. The predicted molar refractivity (Wildman–Crippen MR) is 76.1 cm³/mol. The van der Waals surface area contributed by atoms with Gasteiger partial charge in [0.25, 0.3) is 0 Å². The molecular formula is C12H22ClN3S. The fraction of sp³-hybridized carbons (Fsp3) is 0.750. The zero-order chi connectivity index (χ0) is 11.4. The standard InChI is InChI=1S/C12H21N3S.ClH/c1-3-11-8-14-12(16-11)9-15-6-4-10(13-2)5-7-15;/h8,10,13H,3-7,9H2,1-2H3;1H. The largest absolute Gasteiger partial charge is 0.317 e. The Morgan fingerprint density at radius 1 is 1.47 bits per heavy atom. The van der Waals surface area contributed by atoms with E-state index in [2.05, 4.69) is 29.2 Å². The van der Waals surface area contributed by atoms with Crippen molar-refractivity contribution in [2.75, 3.05) is 20.1 Å². The monoisotopic (exact) mass is 275 g/mol. The van der Waals surface area contributed by atoms with Crippen LogP contribution in [0.15, 0.2) is 6.20 Å². The normalized spacial score (nSPS) is 18.0. The van der Waals surface area contributed by atoms with Gasteiger partial charge in [0.1, 0.15) is 5.01 Å². The summed E-state index contributed by atoms with van der Waals surface area (Å²) in [5.41, 5.74) is 0. The van der Waals surface area contributed by atoms with Gasteiger partial charge in [-0.05, 0) is 26.3 Å². The van der Waals surface area contributed by atoms with E-state index in [1.807, 2.05) is 17.5 Å². The van der Waals surface area contributed by atoms with Crippen LogP contribution < -0.4 is 5.32 Å². The number of thiazole rings is 1. The number of nitrogens with zero attached hydrogens (tertiary/aromatic N) is 2. The first-order valence-electron chi connectivity index (χ1n) is 6.15. The molecule has 1 N–H and O–H groups in total. The van der Waals surface area contributed by atoms with Crippen LogP contribution in [-0.4, -0.2) is 36.1 Å². The van der Waals surface area contributed by atoms with Crippen molar-refractivity contribution in [1.82, 2.24) is 15.2 Å². The molecule has 0 aliphatic carbocycles. The molecule has 3 nitrogen and oxygen atoms in total. The van der Waals surface area contributed by atoms with Crippen LogP contribution >= 0.6 is 23.7 Å². The Bertz CT molecular complexity index is 321. The summed E-state index contributed by atoms with van der Waals surface area (Å²) in [7, 11) is 2.06. The minimum Gasteiger partial charge on any atom is -0.317 e. The van der Waals surface area contributed by atoms with Crippen molar-refractivity contribution >= 4 is 23.7 Å². The minimum atomic E-state index is 0. The predicted octanol–water partition coefficient (Wildman–Crippen LogP) is 2.31. The molecular weight excluding hydrogens is 254 g/mol. The summed E-state index contributed by atoms with van der Waals surface area (Å²) in [5.74, 6) is 0. The van der Waals surface area contributed by atoms with E-state index in [-0.39, 0.29) is 12.4 Å². The maximum Gasteiger partial charge on any atom is 0.107 e. The second-order valence-corrected chi connectivity index (χ2v) is 5.61. The first-order valence-corrected chi connectivity index (χ1v) is 6.96. The van der Waals surface area contributed by atoms with Gasteiger partial charge in [-0.3, -0.25) is 4.90 Å². The van der Waals surface area contributed by atoms with Crippen LogP contribution in [0.25, 0.3) is 0 Å². The minimum absolute atomic E-state index is 0. The number of aromatic nitrogens is 1. The molecule has 0 radical (unpaired) electrons. The summed E-state index contributed by atoms with van der Waals surface area (Å²) < 4.78 is 0. The molecule has 0 bridgehead atoms. The van der Waals surface area contributed by atoms with Crippen LogP contribution in [0.2, 0.25) is 0 Å². The summed E-state index contributed by atoms with van der Waals surface area (Å²) in [5, 5.41) is 4.64. The average Bonchev–Trinajstić information content (AvgIpc) is 2.78. The molecule has 98 valence electrons. The number of hydrogen-bond acceptors (Lipinski definition) is 4. The maximum atomic E-state index is 4.48. The molecule has 0 unspecified atom stereocenters. The summed E-state index contributed by atoms with van der Waals surface area (Å²) in [6.45, 7) is 5.63. The highest BCUT2D eigenvalue weighted by Crippen LogP contribution is 2.18. The van der Waals surface area contributed by atoms with Gasteiger partial charge >= 0.3 is 0 Å². The lowest BCUT2D eigenvalue weighted by atomic mass is 10.1. The number of piperidine rings is 1. The molecule has 1 aliphatic rings. The maximum absolute atomic E-state index is 4.48. The van der Waals surface area contributed by atoms with E-state index >= 15 is 0 Å². The third-order valence-electron chi connectivity index (χ3n) is 3.30. The lowest BCUT2D eigenvalue weighted by molar-refractivity contribution is 0.194.